The van der Waals surface area contributed by atoms with Crippen LogP contribution in [0, 0.1) is 6.92 Å². The average molecular weight is 296 g/mol. The van der Waals surface area contributed by atoms with Crippen molar-refractivity contribution in [3.05, 3.63) is 17.8 Å². The molecule has 0 bridgehead atoms. The van der Waals surface area contributed by atoms with Crippen molar-refractivity contribution in [2.75, 3.05) is 13.1 Å². The third-order valence-electron chi connectivity index (χ3n) is 2.96. The Morgan fingerprint density at radius 3 is 2.72 bits per heavy atom. The van der Waals surface area contributed by atoms with E-state index in [9.17, 15) is 4.79 Å². The summed E-state index contributed by atoms with van der Waals surface area (Å²) in [6.07, 6.45) is 1.32. The smallest absolute Gasteiger partial charge is 0.291 e. The average Bonchev–Trinajstić information content (AvgIpc) is 2.67. The van der Waals surface area contributed by atoms with Crippen LogP contribution in [0.15, 0.2) is 10.8 Å². The summed E-state index contributed by atoms with van der Waals surface area (Å²) in [7, 11) is 0. The van der Waals surface area contributed by atoms with Crippen molar-refractivity contribution in [1.29, 1.82) is 0 Å². The van der Waals surface area contributed by atoms with E-state index in [2.05, 4.69) is 17.2 Å². The van der Waals surface area contributed by atoms with Gasteiger partial charge < -0.3 is 14.6 Å². The molecule has 1 aliphatic heterocycles. The van der Waals surface area contributed by atoms with Gasteiger partial charge in [0, 0.05) is 25.2 Å². The van der Waals surface area contributed by atoms with Gasteiger partial charge in [-0.3, -0.25) is 4.79 Å². The van der Waals surface area contributed by atoms with Gasteiger partial charge in [-0.1, -0.05) is 0 Å². The van der Waals surface area contributed by atoms with Gasteiger partial charge in [0.05, 0.1) is 5.69 Å². The molecule has 2 heterocycles. The number of amides is 1. The van der Waals surface area contributed by atoms with Gasteiger partial charge in [0.2, 0.25) is 5.76 Å². The summed E-state index contributed by atoms with van der Waals surface area (Å²) in [5.74, 6) is 0.303. The minimum Gasteiger partial charge on any atom is -0.438 e. The summed E-state index contributed by atoms with van der Waals surface area (Å²) in [4.78, 5) is 18.0. The van der Waals surface area contributed by atoms with E-state index in [1.165, 1.54) is 6.39 Å². The lowest BCUT2D eigenvalue weighted by atomic mass is 10.1. The second-order valence-corrected chi connectivity index (χ2v) is 4.38. The Morgan fingerprint density at radius 2 is 2.17 bits per heavy atom. The normalized spacial score (nSPS) is 22.9. The van der Waals surface area contributed by atoms with E-state index in [1.807, 2.05) is 11.8 Å². The highest BCUT2D eigenvalue weighted by molar-refractivity contribution is 5.92. The maximum atomic E-state index is 12.2. The zero-order valence-electron chi connectivity index (χ0n) is 10.7. The molecule has 2 rings (SSSR count). The molecule has 0 aromatic carbocycles. The highest BCUT2D eigenvalue weighted by Gasteiger charge is 2.29. The minimum atomic E-state index is -0.0594. The van der Waals surface area contributed by atoms with Crippen LogP contribution < -0.4 is 5.32 Å². The lowest BCUT2D eigenvalue weighted by Gasteiger charge is -2.37. The summed E-state index contributed by atoms with van der Waals surface area (Å²) >= 11 is 0. The van der Waals surface area contributed by atoms with Crippen LogP contribution in [0.4, 0.5) is 0 Å². The number of carbonyl (C=O) groups excluding carboxylic acids is 1. The molecule has 0 radical (unpaired) electrons. The molecule has 1 aliphatic rings. The van der Waals surface area contributed by atoms with Crippen LogP contribution >= 0.6 is 24.8 Å². The SMILES string of the molecule is Cc1ncoc1C(=O)N1CC(C)NCC1C.Cl.Cl. The van der Waals surface area contributed by atoms with Crippen LogP contribution in [0.5, 0.6) is 0 Å². The molecule has 1 N–H and O–H groups in total. The van der Waals surface area contributed by atoms with E-state index in [4.69, 9.17) is 4.42 Å². The first kappa shape index (κ1) is 17.2. The summed E-state index contributed by atoms with van der Waals surface area (Å²) in [6.45, 7) is 7.41. The lowest BCUT2D eigenvalue weighted by Crippen LogP contribution is -2.56. The largest absolute Gasteiger partial charge is 0.438 e. The molecule has 1 aromatic rings. The van der Waals surface area contributed by atoms with Gasteiger partial charge in [0.25, 0.3) is 5.91 Å². The first-order valence-corrected chi connectivity index (χ1v) is 5.54. The number of aryl methyl sites for hydroxylation is 1. The third kappa shape index (κ3) is 3.37. The van der Waals surface area contributed by atoms with Gasteiger partial charge in [-0.15, -0.1) is 24.8 Å². The Kier molecular flexibility index (Phi) is 6.67. The van der Waals surface area contributed by atoms with Crippen LogP contribution in [0.25, 0.3) is 0 Å². The van der Waals surface area contributed by atoms with E-state index < -0.39 is 0 Å². The van der Waals surface area contributed by atoms with Gasteiger partial charge in [-0.05, 0) is 20.8 Å². The first-order chi connectivity index (χ1) is 7.59. The lowest BCUT2D eigenvalue weighted by molar-refractivity contribution is 0.0583. The van der Waals surface area contributed by atoms with Crippen molar-refractivity contribution in [3.63, 3.8) is 0 Å². The van der Waals surface area contributed by atoms with E-state index in [1.54, 1.807) is 6.92 Å². The molecule has 0 saturated carbocycles. The fraction of sp³-hybridized carbons (Fsp3) is 0.636. The second-order valence-electron chi connectivity index (χ2n) is 4.38. The molecule has 2 unspecified atom stereocenters. The summed E-state index contributed by atoms with van der Waals surface area (Å²) in [5.41, 5.74) is 0.656. The highest BCUT2D eigenvalue weighted by atomic mass is 35.5. The molecule has 5 nitrogen and oxygen atoms in total. The number of oxazole rings is 1. The fourth-order valence-corrected chi connectivity index (χ4v) is 1.94. The number of halogens is 2. The maximum Gasteiger partial charge on any atom is 0.291 e. The predicted octanol–water partition coefficient (Wildman–Crippen LogP) is 1.65. The Balaban J connectivity index is 0.00000144. The number of aromatic nitrogens is 1. The quantitative estimate of drug-likeness (QED) is 0.856. The van der Waals surface area contributed by atoms with Gasteiger partial charge in [-0.25, -0.2) is 4.98 Å². The molecule has 0 aliphatic carbocycles. The zero-order chi connectivity index (χ0) is 11.7. The number of piperazine rings is 1. The minimum absolute atomic E-state index is 0. The van der Waals surface area contributed by atoms with Gasteiger partial charge in [0.1, 0.15) is 0 Å². The van der Waals surface area contributed by atoms with Crippen molar-refractivity contribution in [2.45, 2.75) is 32.9 Å². The molecular formula is C11H19Cl2N3O2. The topological polar surface area (TPSA) is 58.4 Å². The Morgan fingerprint density at radius 1 is 1.50 bits per heavy atom. The summed E-state index contributed by atoms with van der Waals surface area (Å²) in [6, 6.07) is 0.511. The molecule has 1 aromatic heterocycles. The van der Waals surface area contributed by atoms with Crippen molar-refractivity contribution >= 4 is 30.7 Å². The van der Waals surface area contributed by atoms with E-state index >= 15 is 0 Å². The fourth-order valence-electron chi connectivity index (χ4n) is 1.94. The van der Waals surface area contributed by atoms with E-state index in [0.29, 0.717) is 24.0 Å². The first-order valence-electron chi connectivity index (χ1n) is 5.54. The number of hydrogen-bond acceptors (Lipinski definition) is 4. The number of nitrogens with zero attached hydrogens (tertiary/aromatic N) is 2. The van der Waals surface area contributed by atoms with Crippen LogP contribution in [-0.2, 0) is 0 Å². The number of rotatable bonds is 1. The van der Waals surface area contributed by atoms with Crippen LogP contribution in [0.2, 0.25) is 0 Å². The van der Waals surface area contributed by atoms with Gasteiger partial charge in [0.15, 0.2) is 6.39 Å². The number of carbonyl (C=O) groups is 1. The molecule has 7 heteroatoms. The van der Waals surface area contributed by atoms with E-state index in [0.717, 1.165) is 6.54 Å². The van der Waals surface area contributed by atoms with Gasteiger partial charge >= 0.3 is 0 Å². The van der Waals surface area contributed by atoms with Crippen molar-refractivity contribution < 1.29 is 9.21 Å². The molecule has 0 spiro atoms. The van der Waals surface area contributed by atoms with Crippen molar-refractivity contribution in [1.82, 2.24) is 15.2 Å². The molecular weight excluding hydrogens is 277 g/mol. The predicted molar refractivity (Wildman–Crippen MR) is 73.7 cm³/mol. The molecule has 104 valence electrons. The molecule has 1 saturated heterocycles. The van der Waals surface area contributed by atoms with Crippen LogP contribution in [0.1, 0.15) is 30.1 Å². The second kappa shape index (κ2) is 6.97. The Hall–Kier alpha value is -0.780. The Bertz CT molecular complexity index is 397. The highest BCUT2D eigenvalue weighted by Crippen LogP contribution is 2.14. The standard InChI is InChI=1S/C11H17N3O2.2ClH/c1-7-5-14(8(2)4-12-7)11(15)10-9(3)13-6-16-10;;/h6-8,12H,4-5H2,1-3H3;2*1H. The molecule has 1 fully saturated rings. The third-order valence-corrected chi connectivity index (χ3v) is 2.96. The molecule has 2 atom stereocenters. The molecule has 18 heavy (non-hydrogen) atoms. The van der Waals surface area contributed by atoms with E-state index in [-0.39, 0.29) is 36.8 Å². The zero-order valence-corrected chi connectivity index (χ0v) is 12.3. The summed E-state index contributed by atoms with van der Waals surface area (Å²) in [5, 5.41) is 3.34. The number of nitrogens with one attached hydrogen (secondary N) is 1. The van der Waals surface area contributed by atoms with Crippen LogP contribution in [0.3, 0.4) is 0 Å². The number of hydrogen-bond donors (Lipinski definition) is 1. The van der Waals surface area contributed by atoms with Crippen molar-refractivity contribution in [2.24, 2.45) is 0 Å². The Labute approximate surface area is 119 Å². The molecule has 1 amide bonds. The summed E-state index contributed by atoms with van der Waals surface area (Å²) < 4.78 is 5.14. The van der Waals surface area contributed by atoms with Crippen LogP contribution in [-0.4, -0.2) is 41.0 Å². The monoisotopic (exact) mass is 295 g/mol. The maximum absolute atomic E-state index is 12.2. The van der Waals surface area contributed by atoms with Gasteiger partial charge in [-0.2, -0.15) is 0 Å². The van der Waals surface area contributed by atoms with Crippen molar-refractivity contribution in [3.8, 4) is 0 Å².